The maximum atomic E-state index is 13.1. The summed E-state index contributed by atoms with van der Waals surface area (Å²) in [5.74, 6) is -2.46. The van der Waals surface area contributed by atoms with Crippen LogP contribution >= 0.6 is 0 Å². The number of rotatable bonds is 5. The van der Waals surface area contributed by atoms with Gasteiger partial charge in [0.2, 0.25) is 0 Å². The third-order valence-electron chi connectivity index (χ3n) is 5.46. The van der Waals surface area contributed by atoms with Crippen molar-refractivity contribution in [2.45, 2.75) is 39.8 Å². The van der Waals surface area contributed by atoms with E-state index < -0.39 is 35.3 Å². The minimum absolute atomic E-state index is 0.0469. The van der Waals surface area contributed by atoms with E-state index in [1.807, 2.05) is 0 Å². The molecule has 10 heteroatoms. The molecule has 1 aliphatic heterocycles. The highest BCUT2D eigenvalue weighted by atomic mass is 19.4. The number of hydrogen-bond acceptors (Lipinski definition) is 5. The largest absolute Gasteiger partial charge is 0.466 e. The monoisotopic (exact) mass is 451 g/mol. The van der Waals surface area contributed by atoms with Crippen LogP contribution in [0.2, 0.25) is 0 Å². The number of carbonyl (C=O) groups excluding carboxylic acids is 3. The number of halogens is 3. The number of nitrogens with zero attached hydrogens (tertiary/aromatic N) is 3. The molecule has 0 N–H and O–H groups in total. The topological polar surface area (TPSA) is 81.5 Å². The lowest BCUT2D eigenvalue weighted by Gasteiger charge is -2.31. The molecule has 172 valence electrons. The summed E-state index contributed by atoms with van der Waals surface area (Å²) in [7, 11) is 0. The summed E-state index contributed by atoms with van der Waals surface area (Å²) in [5, 5.41) is 4.20. The smallest absolute Gasteiger partial charge is 0.416 e. The van der Waals surface area contributed by atoms with Crippen molar-refractivity contribution in [2.24, 2.45) is 5.92 Å². The van der Waals surface area contributed by atoms with Gasteiger partial charge < -0.3 is 9.64 Å². The number of piperidine rings is 1. The van der Waals surface area contributed by atoms with Crippen LogP contribution in [0.3, 0.4) is 0 Å². The summed E-state index contributed by atoms with van der Waals surface area (Å²) in [6, 6.07) is 4.58. The molecule has 1 aliphatic rings. The van der Waals surface area contributed by atoms with Gasteiger partial charge in [0.15, 0.2) is 0 Å². The summed E-state index contributed by atoms with van der Waals surface area (Å²) >= 11 is 0. The highest BCUT2D eigenvalue weighted by molar-refractivity contribution is 6.43. The number of aryl methyl sites for hydroxylation is 1. The van der Waals surface area contributed by atoms with Gasteiger partial charge in [0.1, 0.15) is 0 Å². The van der Waals surface area contributed by atoms with Gasteiger partial charge >= 0.3 is 12.1 Å². The van der Waals surface area contributed by atoms with Gasteiger partial charge in [0.25, 0.3) is 11.7 Å². The van der Waals surface area contributed by atoms with Crippen molar-refractivity contribution in [3.05, 3.63) is 46.8 Å². The Morgan fingerprint density at radius 3 is 2.59 bits per heavy atom. The minimum atomic E-state index is -4.52. The van der Waals surface area contributed by atoms with Gasteiger partial charge in [-0.3, -0.25) is 14.4 Å². The number of aromatic nitrogens is 2. The average molecular weight is 451 g/mol. The van der Waals surface area contributed by atoms with Crippen molar-refractivity contribution in [1.82, 2.24) is 14.7 Å². The highest BCUT2D eigenvalue weighted by Gasteiger charge is 2.35. The number of Topliss-reactive ketones (excluding diaryl/α,β-unsaturated/α-hetero) is 1. The van der Waals surface area contributed by atoms with E-state index in [1.54, 1.807) is 6.92 Å². The lowest BCUT2D eigenvalue weighted by molar-refractivity contribution is -0.150. The number of esters is 1. The van der Waals surface area contributed by atoms with Gasteiger partial charge in [0, 0.05) is 13.1 Å². The molecule has 0 spiro atoms. The van der Waals surface area contributed by atoms with Crippen LogP contribution in [0.5, 0.6) is 0 Å². The van der Waals surface area contributed by atoms with E-state index in [0.29, 0.717) is 19.4 Å². The number of benzene rings is 1. The van der Waals surface area contributed by atoms with E-state index in [9.17, 15) is 27.6 Å². The molecular weight excluding hydrogens is 427 g/mol. The number of ketones is 1. The molecule has 2 aromatic rings. The van der Waals surface area contributed by atoms with Crippen molar-refractivity contribution in [3.63, 3.8) is 0 Å². The summed E-state index contributed by atoms with van der Waals surface area (Å²) in [6.45, 7) is 5.40. The zero-order chi connectivity index (χ0) is 23.6. The Morgan fingerprint density at radius 2 is 1.94 bits per heavy atom. The normalized spacial score (nSPS) is 16.7. The molecule has 1 amide bonds. The molecule has 1 fully saturated rings. The van der Waals surface area contributed by atoms with Gasteiger partial charge in [0.05, 0.1) is 40.7 Å². The first-order valence-corrected chi connectivity index (χ1v) is 10.3. The summed E-state index contributed by atoms with van der Waals surface area (Å²) in [4.78, 5) is 39.3. The molecule has 0 aliphatic carbocycles. The fraction of sp³-hybridized carbons (Fsp3) is 0.455. The third-order valence-corrected chi connectivity index (χ3v) is 5.46. The summed E-state index contributed by atoms with van der Waals surface area (Å²) in [6.07, 6.45) is -3.39. The second kappa shape index (κ2) is 9.13. The number of amides is 1. The van der Waals surface area contributed by atoms with Crippen LogP contribution in [-0.4, -0.2) is 52.0 Å². The maximum Gasteiger partial charge on any atom is 0.416 e. The number of carbonyl (C=O) groups is 3. The van der Waals surface area contributed by atoms with Crippen molar-refractivity contribution in [2.75, 3.05) is 19.7 Å². The van der Waals surface area contributed by atoms with E-state index in [4.69, 9.17) is 4.74 Å². The molecule has 0 bridgehead atoms. The molecule has 1 saturated heterocycles. The molecule has 0 radical (unpaired) electrons. The van der Waals surface area contributed by atoms with Crippen molar-refractivity contribution in [1.29, 1.82) is 0 Å². The zero-order valence-electron chi connectivity index (χ0n) is 18.0. The predicted molar refractivity (Wildman–Crippen MR) is 108 cm³/mol. The summed E-state index contributed by atoms with van der Waals surface area (Å²) < 4.78 is 45.5. The Labute approximate surface area is 183 Å². The number of alkyl halides is 3. The Kier molecular flexibility index (Phi) is 6.71. The quantitative estimate of drug-likeness (QED) is 0.395. The second-order valence-corrected chi connectivity index (χ2v) is 7.68. The molecule has 2 heterocycles. The molecule has 1 unspecified atom stereocenters. The highest BCUT2D eigenvalue weighted by Crippen LogP contribution is 2.31. The van der Waals surface area contributed by atoms with E-state index in [0.717, 1.165) is 12.1 Å². The Hall–Kier alpha value is -3.17. The maximum absolute atomic E-state index is 13.1. The number of hydrogen-bond donors (Lipinski definition) is 0. The third kappa shape index (κ3) is 4.68. The molecule has 7 nitrogen and oxygen atoms in total. The lowest BCUT2D eigenvalue weighted by atomic mass is 9.97. The number of ether oxygens (including phenoxy) is 1. The Balaban J connectivity index is 1.86. The van der Waals surface area contributed by atoms with Crippen molar-refractivity contribution >= 4 is 17.7 Å². The van der Waals surface area contributed by atoms with Crippen LogP contribution in [0.15, 0.2) is 24.3 Å². The lowest BCUT2D eigenvalue weighted by Crippen LogP contribution is -2.45. The zero-order valence-corrected chi connectivity index (χ0v) is 18.0. The van der Waals surface area contributed by atoms with Crippen molar-refractivity contribution < 1.29 is 32.3 Å². The van der Waals surface area contributed by atoms with Gasteiger partial charge in [-0.1, -0.05) is 6.07 Å². The SMILES string of the molecule is CCOC(=O)C1CCCN(C(=O)C(=O)c2c(C)nn(-c3cccc(C(F)(F)F)c3)c2C)C1. The van der Waals surface area contributed by atoms with Crippen LogP contribution < -0.4 is 0 Å². The van der Waals surface area contributed by atoms with Gasteiger partial charge in [-0.2, -0.15) is 18.3 Å². The molecule has 32 heavy (non-hydrogen) atoms. The van der Waals surface area contributed by atoms with E-state index in [-0.39, 0.29) is 35.8 Å². The van der Waals surface area contributed by atoms with Crippen LogP contribution in [0.25, 0.3) is 5.69 Å². The first-order valence-electron chi connectivity index (χ1n) is 10.3. The van der Waals surface area contributed by atoms with Gasteiger partial charge in [-0.05, 0) is 51.8 Å². The van der Waals surface area contributed by atoms with E-state index in [2.05, 4.69) is 5.10 Å². The van der Waals surface area contributed by atoms with Crippen LogP contribution in [-0.2, 0) is 20.5 Å². The Morgan fingerprint density at radius 1 is 1.22 bits per heavy atom. The number of likely N-dealkylation sites (tertiary alicyclic amines) is 1. The van der Waals surface area contributed by atoms with E-state index in [1.165, 1.54) is 35.6 Å². The fourth-order valence-electron chi connectivity index (χ4n) is 3.90. The molecule has 0 saturated carbocycles. The van der Waals surface area contributed by atoms with Gasteiger partial charge in [-0.25, -0.2) is 4.68 Å². The molecule has 1 atom stereocenters. The molecule has 1 aromatic carbocycles. The van der Waals surface area contributed by atoms with Crippen molar-refractivity contribution in [3.8, 4) is 5.69 Å². The van der Waals surface area contributed by atoms with Crippen LogP contribution in [0, 0.1) is 19.8 Å². The van der Waals surface area contributed by atoms with Crippen LogP contribution in [0.1, 0.15) is 47.1 Å². The standard InChI is InChI=1S/C22H24F3N3O4/c1-4-32-21(31)15-7-6-10-27(12-15)20(30)19(29)18-13(2)26-28(14(18)3)17-9-5-8-16(11-17)22(23,24)25/h5,8-9,11,15H,4,6-7,10,12H2,1-3H3. The fourth-order valence-corrected chi connectivity index (χ4v) is 3.90. The molecule has 3 rings (SSSR count). The predicted octanol–water partition coefficient (Wildman–Crippen LogP) is 3.49. The van der Waals surface area contributed by atoms with E-state index >= 15 is 0 Å². The first kappa shape index (κ1) is 23.5. The minimum Gasteiger partial charge on any atom is -0.466 e. The average Bonchev–Trinajstić information content (AvgIpc) is 3.06. The van der Waals surface area contributed by atoms with Crippen LogP contribution in [0.4, 0.5) is 13.2 Å². The van der Waals surface area contributed by atoms with Gasteiger partial charge in [-0.15, -0.1) is 0 Å². The first-order chi connectivity index (χ1) is 15.0. The summed E-state index contributed by atoms with van der Waals surface area (Å²) in [5.41, 5.74) is -0.167. The second-order valence-electron chi connectivity index (χ2n) is 7.68. The Bertz CT molecular complexity index is 1050. The molecule has 1 aromatic heterocycles. The molecular formula is C22H24F3N3O4.